The molecule has 0 unspecified atom stereocenters. The van der Waals surface area contributed by atoms with E-state index in [0.717, 1.165) is 0 Å². The first kappa shape index (κ1) is 12.4. The highest BCUT2D eigenvalue weighted by molar-refractivity contribution is 6.58. The summed E-state index contributed by atoms with van der Waals surface area (Å²) < 4.78 is 40.3. The van der Waals surface area contributed by atoms with Crippen LogP contribution in [0.4, 0.5) is 18.6 Å². The van der Waals surface area contributed by atoms with Crippen molar-refractivity contribution in [3.63, 3.8) is 0 Å². The molecule has 1 N–H and O–H groups in total. The Morgan fingerprint density at radius 2 is 2.12 bits per heavy atom. The Morgan fingerprint density at radius 3 is 2.69 bits per heavy atom. The highest BCUT2D eigenvalue weighted by atomic mass is 19.4. The number of benzene rings is 1. The van der Waals surface area contributed by atoms with Gasteiger partial charge in [0, 0.05) is 18.7 Å². The molecule has 1 amide bonds. The summed E-state index contributed by atoms with van der Waals surface area (Å²) in [5, 5.41) is 2.45. The maximum atomic E-state index is 11.9. The van der Waals surface area contributed by atoms with Crippen molar-refractivity contribution in [3.05, 3.63) is 24.3 Å². The minimum Gasteiger partial charge on any atom is -0.522 e. The lowest BCUT2D eigenvalue weighted by Gasteiger charge is -2.15. The van der Waals surface area contributed by atoms with Gasteiger partial charge in [0.25, 0.3) is 0 Å². The molecule has 3 nitrogen and oxygen atoms in total. The van der Waals surface area contributed by atoms with Crippen LogP contribution in [0.25, 0.3) is 0 Å². The Labute approximate surface area is 90.7 Å². The first-order valence-corrected chi connectivity index (χ1v) is 4.58. The van der Waals surface area contributed by atoms with E-state index in [4.69, 9.17) is 0 Å². The van der Waals surface area contributed by atoms with Gasteiger partial charge >= 0.3 is 6.98 Å². The van der Waals surface area contributed by atoms with Gasteiger partial charge in [0.2, 0.25) is 5.91 Å². The van der Waals surface area contributed by atoms with Crippen LogP contribution in [-0.2, 0) is 4.79 Å². The number of carbonyl (C=O) groups excluding carboxylic acids is 1. The summed E-state index contributed by atoms with van der Waals surface area (Å²) in [6.07, 6.45) is 0. The zero-order chi connectivity index (χ0) is 12.2. The number of rotatable bonds is 4. The Balaban J connectivity index is 2.64. The summed E-state index contributed by atoms with van der Waals surface area (Å²) in [4.78, 5) is 10.7. The normalized spacial score (nSPS) is 11.0. The van der Waals surface area contributed by atoms with Crippen molar-refractivity contribution in [3.8, 4) is 5.75 Å². The summed E-state index contributed by atoms with van der Waals surface area (Å²) >= 11 is 0. The van der Waals surface area contributed by atoms with E-state index in [0.29, 0.717) is 5.69 Å². The minimum atomic E-state index is -4.97. The van der Waals surface area contributed by atoms with Crippen LogP contribution in [0.5, 0.6) is 5.75 Å². The fourth-order valence-corrected chi connectivity index (χ4v) is 1.06. The van der Waals surface area contributed by atoms with Gasteiger partial charge in [-0.1, -0.05) is 6.07 Å². The predicted molar refractivity (Wildman–Crippen MR) is 55.3 cm³/mol. The second-order valence-electron chi connectivity index (χ2n) is 3.23. The molecule has 0 aromatic heterocycles. The predicted octanol–water partition coefficient (Wildman–Crippen LogP) is 2.41. The average Bonchev–Trinajstić information content (AvgIpc) is 2.13. The smallest absolute Gasteiger partial charge is 0.515 e. The molecule has 0 aliphatic heterocycles. The third kappa shape index (κ3) is 4.72. The molecule has 0 radical (unpaired) electrons. The van der Waals surface area contributed by atoms with E-state index in [1.807, 2.05) is 0 Å². The lowest BCUT2D eigenvalue weighted by Crippen LogP contribution is -2.26. The van der Waals surface area contributed by atoms with Gasteiger partial charge in [-0.05, 0) is 12.1 Å². The van der Waals surface area contributed by atoms with Crippen LogP contribution >= 0.6 is 0 Å². The second kappa shape index (κ2) is 4.91. The van der Waals surface area contributed by atoms with Crippen LogP contribution in [-0.4, -0.2) is 19.4 Å². The number of hydrogen-bond acceptors (Lipinski definition) is 2. The number of halogens is 3. The maximum absolute atomic E-state index is 11.9. The number of nitrogens with one attached hydrogen (secondary N) is 1. The lowest BCUT2D eigenvalue weighted by molar-refractivity contribution is -0.114. The second-order valence-corrected chi connectivity index (χ2v) is 3.23. The summed E-state index contributed by atoms with van der Waals surface area (Å²) in [5.74, 6) is -0.220. The fraction of sp³-hybridized carbons (Fsp3) is 0.222. The zero-order valence-electron chi connectivity index (χ0n) is 8.54. The summed E-state index contributed by atoms with van der Waals surface area (Å²) in [6, 6.07) is 5.80. The van der Waals surface area contributed by atoms with Gasteiger partial charge in [-0.15, -0.1) is 0 Å². The van der Waals surface area contributed by atoms with Crippen molar-refractivity contribution >= 4 is 18.6 Å². The van der Waals surface area contributed by atoms with E-state index in [9.17, 15) is 17.7 Å². The van der Waals surface area contributed by atoms with Gasteiger partial charge in [-0.3, -0.25) is 4.79 Å². The van der Waals surface area contributed by atoms with Gasteiger partial charge in [-0.25, -0.2) is 0 Å². The topological polar surface area (TPSA) is 38.3 Å². The molecule has 88 valence electrons. The third-order valence-corrected chi connectivity index (χ3v) is 1.59. The quantitative estimate of drug-likeness (QED) is 0.809. The summed E-state index contributed by atoms with van der Waals surface area (Å²) in [6.45, 7) is -4.94. The van der Waals surface area contributed by atoms with E-state index in [1.165, 1.54) is 25.1 Å². The van der Waals surface area contributed by atoms with Gasteiger partial charge in [0.1, 0.15) is 5.75 Å². The van der Waals surface area contributed by atoms with Gasteiger partial charge in [-0.2, -0.15) is 0 Å². The van der Waals surface area contributed by atoms with Crippen molar-refractivity contribution in [1.29, 1.82) is 0 Å². The molecule has 0 aliphatic carbocycles. The monoisotopic (exact) mass is 232 g/mol. The molecule has 0 saturated heterocycles. The van der Waals surface area contributed by atoms with E-state index in [2.05, 4.69) is 10.1 Å². The Bertz CT molecular complexity index is 381. The van der Waals surface area contributed by atoms with Crippen molar-refractivity contribution in [1.82, 2.24) is 0 Å². The molecule has 0 atom stereocenters. The Kier molecular flexibility index (Phi) is 3.81. The molecule has 1 rings (SSSR count). The Morgan fingerprint density at radius 1 is 1.44 bits per heavy atom. The number of carbonyl (C=O) groups is 1. The molecule has 16 heavy (non-hydrogen) atoms. The fourth-order valence-electron chi connectivity index (χ4n) is 1.06. The Hall–Kier alpha value is -1.66. The molecule has 7 heteroatoms. The highest BCUT2D eigenvalue weighted by Crippen LogP contribution is 2.19. The lowest BCUT2D eigenvalue weighted by atomic mass is 9.95. The van der Waals surface area contributed by atoms with Crippen LogP contribution in [0.15, 0.2) is 24.3 Å². The van der Waals surface area contributed by atoms with Crippen molar-refractivity contribution in [2.24, 2.45) is 0 Å². The molecule has 0 bridgehead atoms. The van der Waals surface area contributed by atoms with Crippen LogP contribution in [0.2, 0.25) is 0 Å². The molecule has 0 saturated carbocycles. The van der Waals surface area contributed by atoms with Gasteiger partial charge in [0.15, 0.2) is 0 Å². The van der Waals surface area contributed by atoms with Gasteiger partial charge < -0.3 is 23.0 Å². The number of amides is 1. The zero-order valence-corrected chi connectivity index (χ0v) is 8.54. The molecule has 0 heterocycles. The van der Waals surface area contributed by atoms with Crippen molar-refractivity contribution in [2.45, 2.75) is 6.92 Å². The third-order valence-electron chi connectivity index (χ3n) is 1.59. The van der Waals surface area contributed by atoms with Gasteiger partial charge in [0.05, 0.1) is 6.51 Å². The minimum absolute atomic E-state index is 0.0745. The molecule has 0 spiro atoms. The number of hydrogen-bond donors (Lipinski definition) is 1. The summed E-state index contributed by atoms with van der Waals surface area (Å²) in [5.41, 5.74) is 0.402. The van der Waals surface area contributed by atoms with Crippen molar-refractivity contribution in [2.75, 3.05) is 11.8 Å². The largest absolute Gasteiger partial charge is 0.522 e. The highest BCUT2D eigenvalue weighted by Gasteiger charge is 2.24. The van der Waals surface area contributed by atoms with Crippen LogP contribution in [0.3, 0.4) is 0 Å². The average molecular weight is 232 g/mol. The molecule has 0 aliphatic rings. The van der Waals surface area contributed by atoms with E-state index in [-0.39, 0.29) is 11.7 Å². The molecule has 1 aromatic rings. The molecular formula is C9H10BF3NO2-. The standard InChI is InChI=1S/C9H10BF3NO2/c1-7(15)14-8-3-2-4-9(5-8)16-6-10(11,12)13/h2-5H,6H2,1H3,(H,14,15)/q-1. The van der Waals surface area contributed by atoms with Crippen LogP contribution in [0.1, 0.15) is 6.92 Å². The van der Waals surface area contributed by atoms with Crippen LogP contribution in [0, 0.1) is 0 Å². The maximum Gasteiger partial charge on any atom is 0.515 e. The van der Waals surface area contributed by atoms with Crippen molar-refractivity contribution < 1.29 is 22.5 Å². The molecule has 1 aromatic carbocycles. The first-order chi connectivity index (χ1) is 7.37. The van der Waals surface area contributed by atoms with Crippen LogP contribution < -0.4 is 10.1 Å². The number of anilines is 1. The first-order valence-electron chi connectivity index (χ1n) is 4.58. The molecule has 0 fully saturated rings. The van der Waals surface area contributed by atoms with E-state index >= 15 is 0 Å². The summed E-state index contributed by atoms with van der Waals surface area (Å²) in [7, 11) is 0. The SMILES string of the molecule is CC(=O)Nc1cccc(OC[B-](F)(F)F)c1. The van der Waals surface area contributed by atoms with E-state index in [1.54, 1.807) is 6.07 Å². The number of ether oxygens (including phenoxy) is 1. The molecular weight excluding hydrogens is 222 g/mol. The van der Waals surface area contributed by atoms with E-state index < -0.39 is 13.5 Å².